The number of aryl methyl sites for hydroxylation is 1. The number of hydrogen-bond donors (Lipinski definition) is 1. The molecule has 0 unspecified atom stereocenters. The number of carbonyl (C=O) groups is 1. The standard InChI is InChI=1S/C17H23NO3/c1-21-17(20)16-9-15(19)11-18(16)10-12-6-7-13-4-2-3-5-14(13)8-12/h2-5,12,15-16,19H,6-11H2,1H3/t12-,15+,16-/m0/s1. The molecule has 0 aromatic heterocycles. The summed E-state index contributed by atoms with van der Waals surface area (Å²) in [6, 6.07) is 8.34. The first-order valence-electron chi connectivity index (χ1n) is 7.74. The Hall–Kier alpha value is -1.39. The molecule has 4 heteroatoms. The molecule has 1 aromatic rings. The van der Waals surface area contributed by atoms with E-state index < -0.39 is 6.10 Å². The van der Waals surface area contributed by atoms with Gasteiger partial charge in [0.05, 0.1) is 13.2 Å². The van der Waals surface area contributed by atoms with Crippen LogP contribution in [0.3, 0.4) is 0 Å². The third kappa shape index (κ3) is 3.11. The Morgan fingerprint density at radius 2 is 2.14 bits per heavy atom. The molecule has 1 fully saturated rings. The minimum atomic E-state index is -0.412. The monoisotopic (exact) mass is 289 g/mol. The fraction of sp³-hybridized carbons (Fsp3) is 0.588. The number of β-amino-alcohol motifs (C(OH)–C–C–N with tert-alkyl or cyclic N) is 1. The number of rotatable bonds is 3. The fourth-order valence-corrected chi connectivity index (χ4v) is 3.72. The van der Waals surface area contributed by atoms with Crippen molar-refractivity contribution in [1.29, 1.82) is 0 Å². The van der Waals surface area contributed by atoms with E-state index >= 15 is 0 Å². The number of methoxy groups -OCH3 is 1. The fourth-order valence-electron chi connectivity index (χ4n) is 3.72. The smallest absolute Gasteiger partial charge is 0.323 e. The summed E-state index contributed by atoms with van der Waals surface area (Å²) in [5.74, 6) is 0.333. The van der Waals surface area contributed by atoms with Gasteiger partial charge in [0.1, 0.15) is 6.04 Å². The van der Waals surface area contributed by atoms with Crippen molar-refractivity contribution in [3.63, 3.8) is 0 Å². The first-order chi connectivity index (χ1) is 10.2. The van der Waals surface area contributed by atoms with Crippen molar-refractivity contribution in [3.05, 3.63) is 35.4 Å². The van der Waals surface area contributed by atoms with Crippen LogP contribution in [0.4, 0.5) is 0 Å². The van der Waals surface area contributed by atoms with Gasteiger partial charge < -0.3 is 9.84 Å². The summed E-state index contributed by atoms with van der Waals surface area (Å²) in [6.45, 7) is 1.45. The molecule has 3 atom stereocenters. The first-order valence-corrected chi connectivity index (χ1v) is 7.74. The highest BCUT2D eigenvalue weighted by Crippen LogP contribution is 2.28. The number of aliphatic hydroxyl groups is 1. The zero-order chi connectivity index (χ0) is 14.8. The highest BCUT2D eigenvalue weighted by atomic mass is 16.5. The lowest BCUT2D eigenvalue weighted by atomic mass is 9.83. The quantitative estimate of drug-likeness (QED) is 0.855. The molecule has 1 aromatic carbocycles. The Kier molecular flexibility index (Phi) is 4.27. The number of nitrogens with zero attached hydrogens (tertiary/aromatic N) is 1. The van der Waals surface area contributed by atoms with Gasteiger partial charge in [-0.25, -0.2) is 0 Å². The number of esters is 1. The highest BCUT2D eigenvalue weighted by molar-refractivity contribution is 5.76. The lowest BCUT2D eigenvalue weighted by Crippen LogP contribution is -2.40. The van der Waals surface area contributed by atoms with Gasteiger partial charge in [-0.3, -0.25) is 9.69 Å². The van der Waals surface area contributed by atoms with Crippen molar-refractivity contribution < 1.29 is 14.6 Å². The number of benzene rings is 1. The van der Waals surface area contributed by atoms with E-state index in [4.69, 9.17) is 4.74 Å². The molecule has 1 aliphatic carbocycles. The van der Waals surface area contributed by atoms with Crippen LogP contribution in [0, 0.1) is 5.92 Å². The summed E-state index contributed by atoms with van der Waals surface area (Å²) in [5, 5.41) is 9.85. The van der Waals surface area contributed by atoms with Crippen LogP contribution < -0.4 is 0 Å². The molecule has 0 spiro atoms. The molecule has 1 aliphatic heterocycles. The average molecular weight is 289 g/mol. The second kappa shape index (κ2) is 6.16. The van der Waals surface area contributed by atoms with Crippen LogP contribution in [0.5, 0.6) is 0 Å². The average Bonchev–Trinajstić information content (AvgIpc) is 2.87. The Bertz CT molecular complexity index is 517. The number of ether oxygens (including phenoxy) is 1. The maximum absolute atomic E-state index is 11.8. The van der Waals surface area contributed by atoms with Crippen LogP contribution in [0.2, 0.25) is 0 Å². The van der Waals surface area contributed by atoms with Gasteiger partial charge in [-0.1, -0.05) is 24.3 Å². The molecule has 0 bridgehead atoms. The molecule has 21 heavy (non-hydrogen) atoms. The van der Waals surface area contributed by atoms with E-state index in [1.54, 1.807) is 0 Å². The molecule has 4 nitrogen and oxygen atoms in total. The molecular weight excluding hydrogens is 266 g/mol. The molecule has 1 heterocycles. The lowest BCUT2D eigenvalue weighted by molar-refractivity contribution is -0.146. The van der Waals surface area contributed by atoms with Crippen molar-refractivity contribution in [3.8, 4) is 0 Å². The van der Waals surface area contributed by atoms with E-state index in [-0.39, 0.29) is 12.0 Å². The zero-order valence-electron chi connectivity index (χ0n) is 12.5. The Balaban J connectivity index is 1.65. The Morgan fingerprint density at radius 1 is 1.38 bits per heavy atom. The molecule has 3 rings (SSSR count). The van der Waals surface area contributed by atoms with Crippen LogP contribution in [-0.4, -0.2) is 48.3 Å². The minimum Gasteiger partial charge on any atom is -0.468 e. The van der Waals surface area contributed by atoms with E-state index in [0.717, 1.165) is 25.8 Å². The van der Waals surface area contributed by atoms with Gasteiger partial charge in [-0.2, -0.15) is 0 Å². The van der Waals surface area contributed by atoms with Crippen molar-refractivity contribution in [1.82, 2.24) is 4.90 Å². The molecule has 0 saturated carbocycles. The van der Waals surface area contributed by atoms with Crippen molar-refractivity contribution in [2.24, 2.45) is 5.92 Å². The summed E-state index contributed by atoms with van der Waals surface area (Å²) < 4.78 is 4.87. The number of fused-ring (bicyclic) bond motifs is 1. The first kappa shape index (κ1) is 14.5. The van der Waals surface area contributed by atoms with Crippen molar-refractivity contribution in [2.45, 2.75) is 37.8 Å². The molecule has 0 radical (unpaired) electrons. The summed E-state index contributed by atoms with van der Waals surface area (Å²) in [7, 11) is 1.42. The second-order valence-corrected chi connectivity index (χ2v) is 6.26. The van der Waals surface area contributed by atoms with Gasteiger partial charge in [-0.15, -0.1) is 0 Å². The molecule has 2 aliphatic rings. The van der Waals surface area contributed by atoms with Gasteiger partial charge in [0.2, 0.25) is 0 Å². The van der Waals surface area contributed by atoms with Crippen LogP contribution >= 0.6 is 0 Å². The van der Waals surface area contributed by atoms with E-state index in [1.165, 1.54) is 18.2 Å². The van der Waals surface area contributed by atoms with Crippen LogP contribution in [0.1, 0.15) is 24.0 Å². The highest BCUT2D eigenvalue weighted by Gasteiger charge is 2.37. The lowest BCUT2D eigenvalue weighted by Gasteiger charge is -2.30. The molecular formula is C17H23NO3. The molecule has 1 saturated heterocycles. The number of hydrogen-bond acceptors (Lipinski definition) is 4. The zero-order valence-corrected chi connectivity index (χ0v) is 12.5. The normalized spacial score (nSPS) is 29.1. The summed E-state index contributed by atoms with van der Waals surface area (Å²) >= 11 is 0. The van der Waals surface area contributed by atoms with Gasteiger partial charge in [0.25, 0.3) is 0 Å². The van der Waals surface area contributed by atoms with Gasteiger partial charge >= 0.3 is 5.97 Å². The Morgan fingerprint density at radius 3 is 2.90 bits per heavy atom. The number of carbonyl (C=O) groups excluding carboxylic acids is 1. The third-order valence-electron chi connectivity index (χ3n) is 4.80. The largest absolute Gasteiger partial charge is 0.468 e. The maximum Gasteiger partial charge on any atom is 0.323 e. The second-order valence-electron chi connectivity index (χ2n) is 6.26. The van der Waals surface area contributed by atoms with Gasteiger partial charge in [-0.05, 0) is 36.3 Å². The Labute approximate surface area is 125 Å². The molecule has 0 amide bonds. The number of aliphatic hydroxyl groups excluding tert-OH is 1. The predicted molar refractivity (Wildman–Crippen MR) is 80.0 cm³/mol. The van der Waals surface area contributed by atoms with Crippen LogP contribution in [0.15, 0.2) is 24.3 Å². The summed E-state index contributed by atoms with van der Waals surface area (Å²) in [5.41, 5.74) is 2.89. The minimum absolute atomic E-state index is 0.220. The van der Waals surface area contributed by atoms with Crippen LogP contribution in [0.25, 0.3) is 0 Å². The van der Waals surface area contributed by atoms with Crippen molar-refractivity contribution >= 4 is 5.97 Å². The van der Waals surface area contributed by atoms with Gasteiger partial charge in [0.15, 0.2) is 0 Å². The van der Waals surface area contributed by atoms with Crippen molar-refractivity contribution in [2.75, 3.05) is 20.2 Å². The number of likely N-dealkylation sites (tertiary alicyclic amines) is 1. The third-order valence-corrected chi connectivity index (χ3v) is 4.80. The van der Waals surface area contributed by atoms with E-state index in [0.29, 0.717) is 18.9 Å². The predicted octanol–water partition coefficient (Wildman–Crippen LogP) is 1.40. The van der Waals surface area contributed by atoms with Gasteiger partial charge in [0, 0.05) is 19.5 Å². The maximum atomic E-state index is 11.8. The van der Waals surface area contributed by atoms with E-state index in [2.05, 4.69) is 29.2 Å². The SMILES string of the molecule is COC(=O)[C@@H]1C[C@@H](O)CN1C[C@H]1CCc2ccccc2C1. The topological polar surface area (TPSA) is 49.8 Å². The van der Waals surface area contributed by atoms with E-state index in [1.807, 2.05) is 0 Å². The summed E-state index contributed by atoms with van der Waals surface area (Å²) in [6.07, 6.45) is 3.41. The van der Waals surface area contributed by atoms with E-state index in [9.17, 15) is 9.90 Å². The van der Waals surface area contributed by atoms with Crippen LogP contribution in [-0.2, 0) is 22.4 Å². The molecule has 1 N–H and O–H groups in total. The molecule has 114 valence electrons. The summed E-state index contributed by atoms with van der Waals surface area (Å²) in [4.78, 5) is 13.9.